The van der Waals surface area contributed by atoms with Gasteiger partial charge in [0.15, 0.2) is 8.07 Å². The second kappa shape index (κ2) is 17.6. The molecule has 14 aromatic rings. The Kier molecular flexibility index (Phi) is 10.2. The lowest BCUT2D eigenvalue weighted by molar-refractivity contribution is 0.770. The lowest BCUT2D eigenvalue weighted by Gasteiger charge is -2.35. The van der Waals surface area contributed by atoms with Gasteiger partial charge in [0.25, 0.3) is 0 Å². The monoisotopic (exact) mass is 982 g/mol. The third kappa shape index (κ3) is 6.33. The minimum Gasteiger partial charge on any atom is -0.309 e. The summed E-state index contributed by atoms with van der Waals surface area (Å²) in [5, 5.41) is 10.3. The standard InChI is InChI=1S/C73H50N2Si/c1-6-25-52(26-7-1)73(53-27-8-2-9-28-53)65-42-19-16-37-60(65)63-41-23-40-59(72(63)73)51-47-48-62-61-38-17-20-43-66(61)75(70(62)49-51)69-46-24-45-68-71(69)64-39-18-21-44-67(64)74(68)54-29-22-36-58(50-54)76(55-30-10-3-11-31-55,56-32-12-4-13-33-56)57-34-14-5-15-35-57/h1-50H. The minimum absolute atomic E-state index is 0.539. The minimum atomic E-state index is -2.82. The highest BCUT2D eigenvalue weighted by molar-refractivity contribution is 7.19. The first-order chi connectivity index (χ1) is 37.7. The average Bonchev–Trinajstić information content (AvgIpc) is 4.29. The summed E-state index contributed by atoms with van der Waals surface area (Å²) in [4.78, 5) is 0. The van der Waals surface area contributed by atoms with Crippen LogP contribution < -0.4 is 20.7 Å². The zero-order valence-corrected chi connectivity index (χ0v) is 42.8. The molecule has 0 saturated heterocycles. The fourth-order valence-electron chi connectivity index (χ4n) is 13.5. The largest absolute Gasteiger partial charge is 0.309 e. The first-order valence-electron chi connectivity index (χ1n) is 26.4. The van der Waals surface area contributed by atoms with E-state index in [2.05, 4.69) is 312 Å². The van der Waals surface area contributed by atoms with Crippen LogP contribution in [-0.4, -0.2) is 17.2 Å². The predicted molar refractivity (Wildman–Crippen MR) is 321 cm³/mol. The number of para-hydroxylation sites is 2. The molecule has 0 bridgehead atoms. The second-order valence-corrected chi connectivity index (χ2v) is 24.1. The molecule has 2 heterocycles. The molecule has 0 aliphatic heterocycles. The van der Waals surface area contributed by atoms with Crippen LogP contribution in [0.15, 0.2) is 303 Å². The third-order valence-electron chi connectivity index (χ3n) is 16.5. The smallest absolute Gasteiger partial charge is 0.179 e. The maximum absolute atomic E-state index is 2.82. The fraction of sp³-hybridized carbons (Fsp3) is 0.0137. The highest BCUT2D eigenvalue weighted by Crippen LogP contribution is 2.59. The summed E-state index contributed by atoms with van der Waals surface area (Å²) in [6, 6.07) is 113. The van der Waals surface area contributed by atoms with E-state index in [1.165, 1.54) is 109 Å². The van der Waals surface area contributed by atoms with E-state index in [0.717, 1.165) is 11.4 Å². The van der Waals surface area contributed by atoms with Gasteiger partial charge in [0, 0.05) is 27.2 Å². The van der Waals surface area contributed by atoms with Crippen molar-refractivity contribution in [1.29, 1.82) is 0 Å². The van der Waals surface area contributed by atoms with Crippen molar-refractivity contribution >= 4 is 72.4 Å². The molecule has 15 rings (SSSR count). The van der Waals surface area contributed by atoms with Gasteiger partial charge in [-0.2, -0.15) is 0 Å². The molecule has 76 heavy (non-hydrogen) atoms. The van der Waals surface area contributed by atoms with Crippen LogP contribution in [0, 0.1) is 0 Å². The Morgan fingerprint density at radius 2 is 0.763 bits per heavy atom. The van der Waals surface area contributed by atoms with Crippen molar-refractivity contribution in [1.82, 2.24) is 9.13 Å². The van der Waals surface area contributed by atoms with Gasteiger partial charge in [-0.3, -0.25) is 0 Å². The Hall–Kier alpha value is -9.54. The van der Waals surface area contributed by atoms with Crippen molar-refractivity contribution < 1.29 is 0 Å². The zero-order valence-electron chi connectivity index (χ0n) is 41.8. The molecule has 3 heteroatoms. The summed E-state index contributed by atoms with van der Waals surface area (Å²) in [6.45, 7) is 0. The van der Waals surface area contributed by atoms with E-state index in [1.54, 1.807) is 0 Å². The van der Waals surface area contributed by atoms with Crippen molar-refractivity contribution in [2.75, 3.05) is 0 Å². The van der Waals surface area contributed by atoms with E-state index in [4.69, 9.17) is 0 Å². The van der Waals surface area contributed by atoms with Crippen molar-refractivity contribution in [3.05, 3.63) is 326 Å². The van der Waals surface area contributed by atoms with E-state index in [0.29, 0.717) is 0 Å². The van der Waals surface area contributed by atoms with Gasteiger partial charge < -0.3 is 9.13 Å². The molecule has 12 aromatic carbocycles. The van der Waals surface area contributed by atoms with Crippen molar-refractivity contribution in [3.8, 4) is 33.6 Å². The summed E-state index contributed by atoms with van der Waals surface area (Å²) < 4.78 is 5.05. The molecule has 1 aliphatic rings. The molecule has 356 valence electrons. The summed E-state index contributed by atoms with van der Waals surface area (Å²) in [5.74, 6) is 0. The van der Waals surface area contributed by atoms with Gasteiger partial charge in [-0.1, -0.05) is 261 Å². The maximum Gasteiger partial charge on any atom is 0.179 e. The van der Waals surface area contributed by atoms with E-state index in [9.17, 15) is 0 Å². The van der Waals surface area contributed by atoms with Crippen LogP contribution in [0.5, 0.6) is 0 Å². The summed E-state index contributed by atoms with van der Waals surface area (Å²) >= 11 is 0. The van der Waals surface area contributed by atoms with Crippen molar-refractivity contribution in [3.63, 3.8) is 0 Å². The number of rotatable bonds is 9. The fourth-order valence-corrected chi connectivity index (χ4v) is 18.3. The first kappa shape index (κ1) is 44.0. The van der Waals surface area contributed by atoms with E-state index in [-0.39, 0.29) is 0 Å². The topological polar surface area (TPSA) is 9.86 Å². The van der Waals surface area contributed by atoms with Gasteiger partial charge in [-0.15, -0.1) is 0 Å². The molecule has 0 saturated carbocycles. The molecule has 0 spiro atoms. The molecular formula is C73H50N2Si. The molecule has 0 atom stereocenters. The summed E-state index contributed by atoms with van der Waals surface area (Å²) in [6.07, 6.45) is 0. The molecule has 0 fully saturated rings. The van der Waals surface area contributed by atoms with Crippen LogP contribution in [0.1, 0.15) is 22.3 Å². The van der Waals surface area contributed by atoms with Crippen LogP contribution in [-0.2, 0) is 5.41 Å². The molecule has 0 radical (unpaired) electrons. The first-order valence-corrected chi connectivity index (χ1v) is 28.4. The normalized spacial score (nSPS) is 12.8. The van der Waals surface area contributed by atoms with E-state index < -0.39 is 13.5 Å². The molecule has 1 aliphatic carbocycles. The van der Waals surface area contributed by atoms with Crippen molar-refractivity contribution in [2.24, 2.45) is 0 Å². The Morgan fingerprint density at radius 1 is 0.289 bits per heavy atom. The van der Waals surface area contributed by atoms with Gasteiger partial charge in [0.05, 0.1) is 33.2 Å². The Morgan fingerprint density at radius 3 is 1.42 bits per heavy atom. The molecular weight excluding hydrogens is 933 g/mol. The lowest BCUT2D eigenvalue weighted by atomic mass is 9.66. The quantitative estimate of drug-likeness (QED) is 0.101. The lowest BCUT2D eigenvalue weighted by Crippen LogP contribution is -2.74. The third-order valence-corrected chi connectivity index (χ3v) is 21.3. The van der Waals surface area contributed by atoms with Gasteiger partial charge >= 0.3 is 0 Å². The predicted octanol–water partition coefficient (Wildman–Crippen LogP) is 15.3. The SMILES string of the molecule is c1ccc(C2(c3ccccc3)c3ccccc3-c3cccc(-c4ccc5c6ccccc6n(-c6cccc7c6c6ccccc6n7-c6cccc([Si](c7ccccc7)(c7ccccc7)c7ccccc7)c6)c5c4)c32)cc1. The number of hydrogen-bond donors (Lipinski definition) is 0. The highest BCUT2D eigenvalue weighted by Gasteiger charge is 2.47. The molecule has 2 aromatic heterocycles. The van der Waals surface area contributed by atoms with Crippen LogP contribution in [0.4, 0.5) is 0 Å². The average molecular weight is 983 g/mol. The Labute approximate surface area is 443 Å². The number of aromatic nitrogens is 2. The number of benzene rings is 12. The van der Waals surface area contributed by atoms with Gasteiger partial charge in [0.1, 0.15) is 0 Å². The summed E-state index contributed by atoms with van der Waals surface area (Å²) in [5.41, 5.74) is 16.6. The highest BCUT2D eigenvalue weighted by atomic mass is 28.3. The maximum atomic E-state index is 2.54. The van der Waals surface area contributed by atoms with Gasteiger partial charge in [-0.05, 0) is 108 Å². The van der Waals surface area contributed by atoms with Gasteiger partial charge in [-0.25, -0.2) is 0 Å². The van der Waals surface area contributed by atoms with Crippen LogP contribution >= 0.6 is 0 Å². The molecule has 0 N–H and O–H groups in total. The molecule has 2 nitrogen and oxygen atoms in total. The number of hydrogen-bond acceptors (Lipinski definition) is 0. The van der Waals surface area contributed by atoms with Gasteiger partial charge in [0.2, 0.25) is 0 Å². The Bertz CT molecular complexity index is 4360. The Balaban J connectivity index is 0.976. The zero-order chi connectivity index (χ0) is 50.2. The second-order valence-electron chi connectivity index (χ2n) is 20.3. The molecule has 0 unspecified atom stereocenters. The number of fused-ring (bicyclic) bond motifs is 9. The molecule has 0 amide bonds. The van der Waals surface area contributed by atoms with E-state index in [1.807, 2.05) is 0 Å². The van der Waals surface area contributed by atoms with Crippen LogP contribution in [0.25, 0.3) is 77.2 Å². The van der Waals surface area contributed by atoms with E-state index >= 15 is 0 Å². The van der Waals surface area contributed by atoms with Crippen molar-refractivity contribution in [2.45, 2.75) is 5.41 Å². The number of nitrogens with zero attached hydrogens (tertiary/aromatic N) is 2. The summed E-state index contributed by atoms with van der Waals surface area (Å²) in [7, 11) is -2.82. The van der Waals surface area contributed by atoms with Crippen LogP contribution in [0.3, 0.4) is 0 Å². The van der Waals surface area contributed by atoms with Crippen LogP contribution in [0.2, 0.25) is 0 Å².